The van der Waals surface area contributed by atoms with Crippen molar-refractivity contribution in [3.63, 3.8) is 0 Å². The Labute approximate surface area is 145 Å². The van der Waals surface area contributed by atoms with Gasteiger partial charge in [0.2, 0.25) is 5.89 Å². The van der Waals surface area contributed by atoms with Crippen LogP contribution < -0.4 is 4.74 Å². The highest BCUT2D eigenvalue weighted by Crippen LogP contribution is 2.26. The van der Waals surface area contributed by atoms with Gasteiger partial charge < -0.3 is 14.3 Å². The van der Waals surface area contributed by atoms with Gasteiger partial charge in [-0.2, -0.15) is 0 Å². The molecule has 5 nitrogen and oxygen atoms in total. The van der Waals surface area contributed by atoms with Crippen molar-refractivity contribution in [3.05, 3.63) is 78.9 Å². The highest BCUT2D eigenvalue weighted by molar-refractivity contribution is 5.77. The third kappa shape index (κ3) is 4.14. The summed E-state index contributed by atoms with van der Waals surface area (Å²) in [5, 5.41) is 9.34. The van der Waals surface area contributed by atoms with Gasteiger partial charge >= 0.3 is 0 Å². The quantitative estimate of drug-likeness (QED) is 0.516. The van der Waals surface area contributed by atoms with Crippen molar-refractivity contribution in [1.29, 1.82) is 0 Å². The third-order valence-electron chi connectivity index (χ3n) is 3.48. The Hall–Kier alpha value is -3.34. The molecule has 3 aromatic rings. The second-order valence-corrected chi connectivity index (χ2v) is 5.49. The molecule has 0 aliphatic carbocycles. The van der Waals surface area contributed by atoms with Crippen LogP contribution in [0.25, 0.3) is 22.6 Å². The van der Waals surface area contributed by atoms with Crippen LogP contribution >= 0.6 is 0 Å². The van der Waals surface area contributed by atoms with Crippen molar-refractivity contribution >= 4 is 11.1 Å². The molecule has 126 valence electrons. The summed E-state index contributed by atoms with van der Waals surface area (Å²) in [5.74, 6) is 1.34. The van der Waals surface area contributed by atoms with E-state index in [0.29, 0.717) is 23.8 Å². The maximum absolute atomic E-state index is 9.34. The lowest BCUT2D eigenvalue weighted by Gasteiger charge is -2.05. The first-order chi connectivity index (χ1) is 12.2. The maximum atomic E-state index is 9.34. The Morgan fingerprint density at radius 1 is 1.32 bits per heavy atom. The molecule has 0 aliphatic heterocycles. The molecule has 0 aliphatic rings. The average molecular weight is 334 g/mol. The molecule has 2 heterocycles. The van der Waals surface area contributed by atoms with Gasteiger partial charge in [0.15, 0.2) is 5.58 Å². The van der Waals surface area contributed by atoms with Crippen LogP contribution in [0.4, 0.5) is 0 Å². The number of aliphatic hydroxyl groups is 1. The first-order valence-electron chi connectivity index (χ1n) is 7.78. The predicted octanol–water partition coefficient (Wildman–Crippen LogP) is 4.84. The van der Waals surface area contributed by atoms with Crippen molar-refractivity contribution in [3.8, 4) is 17.2 Å². The second-order valence-electron chi connectivity index (χ2n) is 5.49. The van der Waals surface area contributed by atoms with Crippen LogP contribution in [0.1, 0.15) is 6.92 Å². The van der Waals surface area contributed by atoms with E-state index in [0.717, 1.165) is 16.7 Å². The van der Waals surface area contributed by atoms with E-state index < -0.39 is 0 Å². The lowest BCUT2D eigenvalue weighted by Crippen LogP contribution is -1.98. The predicted molar refractivity (Wildman–Crippen MR) is 97.4 cm³/mol. The molecule has 0 fully saturated rings. The van der Waals surface area contributed by atoms with Crippen LogP contribution in [-0.4, -0.2) is 21.7 Å². The molecule has 5 heteroatoms. The van der Waals surface area contributed by atoms with Crippen LogP contribution in [0.3, 0.4) is 0 Å². The smallest absolute Gasteiger partial charge is 0.228 e. The van der Waals surface area contributed by atoms with E-state index in [1.165, 1.54) is 6.08 Å². The number of aromatic nitrogens is 2. The summed E-state index contributed by atoms with van der Waals surface area (Å²) < 4.78 is 11.5. The Kier molecular flexibility index (Phi) is 4.95. The largest absolute Gasteiger partial charge is 0.508 e. The summed E-state index contributed by atoms with van der Waals surface area (Å²) >= 11 is 0. The van der Waals surface area contributed by atoms with E-state index in [9.17, 15) is 5.11 Å². The average Bonchev–Trinajstić information content (AvgIpc) is 3.08. The summed E-state index contributed by atoms with van der Waals surface area (Å²) in [6.07, 6.45) is 8.15. The van der Waals surface area contributed by atoms with Gasteiger partial charge in [-0.3, -0.25) is 4.98 Å². The van der Waals surface area contributed by atoms with Crippen LogP contribution in [0.15, 0.2) is 83.3 Å². The van der Waals surface area contributed by atoms with Crippen molar-refractivity contribution < 1.29 is 14.3 Å². The monoisotopic (exact) mass is 334 g/mol. The Bertz CT molecular complexity index is 940. The molecule has 1 N–H and O–H groups in total. The summed E-state index contributed by atoms with van der Waals surface area (Å²) in [6.45, 7) is 5.81. The topological polar surface area (TPSA) is 68.4 Å². The Morgan fingerprint density at radius 2 is 2.20 bits per heavy atom. The first-order valence-corrected chi connectivity index (χ1v) is 7.78. The fraction of sp³-hybridized carbons (Fsp3) is 0.100. The minimum absolute atomic E-state index is 0.117. The molecular formula is C20H18N2O3. The number of oxazole rings is 1. The van der Waals surface area contributed by atoms with Crippen LogP contribution in [0.2, 0.25) is 0 Å². The zero-order valence-electron chi connectivity index (χ0n) is 13.8. The summed E-state index contributed by atoms with van der Waals surface area (Å²) in [5.41, 5.74) is 3.21. The number of ether oxygens (including phenoxy) is 1. The van der Waals surface area contributed by atoms with Crippen molar-refractivity contribution in [2.75, 3.05) is 6.61 Å². The van der Waals surface area contributed by atoms with E-state index in [1.54, 1.807) is 24.5 Å². The zero-order chi connectivity index (χ0) is 17.6. The van der Waals surface area contributed by atoms with Gasteiger partial charge in [-0.05, 0) is 48.9 Å². The standard InChI is InChI=1S/C20H18N2O3/c1-3-16(23)7-6-14(2)13-24-17-8-9-19-18(11-17)22-20(25-19)15-5-4-10-21-12-15/h3-12,23H,1,13H2,2H3/b14-6+,16-7+. The van der Waals surface area contributed by atoms with Crippen LogP contribution in [0, 0.1) is 0 Å². The van der Waals surface area contributed by atoms with Crippen LogP contribution in [0.5, 0.6) is 5.75 Å². The molecule has 0 unspecified atom stereocenters. The molecule has 0 amide bonds. The lowest BCUT2D eigenvalue weighted by atomic mass is 10.2. The van der Waals surface area contributed by atoms with Gasteiger partial charge in [0.25, 0.3) is 0 Å². The molecule has 3 rings (SSSR count). The van der Waals surface area contributed by atoms with Crippen molar-refractivity contribution in [2.24, 2.45) is 0 Å². The molecule has 0 saturated carbocycles. The summed E-state index contributed by atoms with van der Waals surface area (Å²) in [4.78, 5) is 8.56. The number of rotatable bonds is 6. The van der Waals surface area contributed by atoms with E-state index in [4.69, 9.17) is 9.15 Å². The summed E-state index contributed by atoms with van der Waals surface area (Å²) in [6, 6.07) is 9.25. The Balaban J connectivity index is 1.74. The first kappa shape index (κ1) is 16.5. The molecule has 25 heavy (non-hydrogen) atoms. The van der Waals surface area contributed by atoms with Gasteiger partial charge in [0.1, 0.15) is 23.6 Å². The number of fused-ring (bicyclic) bond motifs is 1. The number of hydrogen-bond acceptors (Lipinski definition) is 5. The highest BCUT2D eigenvalue weighted by Gasteiger charge is 2.09. The van der Waals surface area contributed by atoms with Gasteiger partial charge in [-0.1, -0.05) is 12.7 Å². The fourth-order valence-electron chi connectivity index (χ4n) is 2.15. The van der Waals surface area contributed by atoms with E-state index in [1.807, 2.05) is 37.3 Å². The number of nitrogens with zero attached hydrogens (tertiary/aromatic N) is 2. The number of hydrogen-bond donors (Lipinski definition) is 1. The van der Waals surface area contributed by atoms with Gasteiger partial charge in [-0.15, -0.1) is 0 Å². The SMILES string of the molecule is C=C/C(O)=C\C=C(/C)COc1ccc2oc(-c3cccnc3)nc2c1. The molecule has 0 radical (unpaired) electrons. The minimum atomic E-state index is 0.117. The Morgan fingerprint density at radius 3 is 2.96 bits per heavy atom. The van der Waals surface area contributed by atoms with Gasteiger partial charge in [-0.25, -0.2) is 4.98 Å². The highest BCUT2D eigenvalue weighted by atomic mass is 16.5. The number of allylic oxidation sites excluding steroid dienone is 3. The molecular weight excluding hydrogens is 316 g/mol. The molecule has 2 aromatic heterocycles. The summed E-state index contributed by atoms with van der Waals surface area (Å²) in [7, 11) is 0. The zero-order valence-corrected chi connectivity index (χ0v) is 13.8. The number of pyridine rings is 1. The molecule has 0 spiro atoms. The van der Waals surface area contributed by atoms with Crippen molar-refractivity contribution in [1.82, 2.24) is 9.97 Å². The molecule has 0 atom stereocenters. The molecule has 0 bridgehead atoms. The van der Waals surface area contributed by atoms with Gasteiger partial charge in [0, 0.05) is 18.5 Å². The van der Waals surface area contributed by atoms with Gasteiger partial charge in [0.05, 0.1) is 5.56 Å². The molecule has 1 aromatic carbocycles. The third-order valence-corrected chi connectivity index (χ3v) is 3.48. The number of benzene rings is 1. The minimum Gasteiger partial charge on any atom is -0.508 e. The molecule has 0 saturated heterocycles. The normalized spacial score (nSPS) is 12.4. The second kappa shape index (κ2) is 7.49. The number of aliphatic hydroxyl groups excluding tert-OH is 1. The van der Waals surface area contributed by atoms with Crippen LogP contribution in [-0.2, 0) is 0 Å². The fourth-order valence-corrected chi connectivity index (χ4v) is 2.15. The van der Waals surface area contributed by atoms with E-state index in [2.05, 4.69) is 16.5 Å². The lowest BCUT2D eigenvalue weighted by molar-refractivity contribution is 0.352. The van der Waals surface area contributed by atoms with E-state index >= 15 is 0 Å². The maximum Gasteiger partial charge on any atom is 0.228 e. The van der Waals surface area contributed by atoms with Crippen molar-refractivity contribution in [2.45, 2.75) is 6.92 Å². The van der Waals surface area contributed by atoms with E-state index in [-0.39, 0.29) is 5.76 Å².